The SMILES string of the molecule is CCCOC(=O)c1ccc(N2C(=O)c3ccc(NC(=O)c4ccccc4)cc3C2=O)cc1. The van der Waals surface area contributed by atoms with Crippen molar-refractivity contribution >= 4 is 35.1 Å². The van der Waals surface area contributed by atoms with Crippen LogP contribution in [0.5, 0.6) is 0 Å². The summed E-state index contributed by atoms with van der Waals surface area (Å²) in [6.45, 7) is 2.22. The van der Waals surface area contributed by atoms with Crippen molar-refractivity contribution in [1.82, 2.24) is 0 Å². The van der Waals surface area contributed by atoms with Crippen molar-refractivity contribution in [2.75, 3.05) is 16.8 Å². The number of hydrogen-bond acceptors (Lipinski definition) is 5. The summed E-state index contributed by atoms with van der Waals surface area (Å²) >= 11 is 0. The predicted molar refractivity (Wildman–Crippen MR) is 119 cm³/mol. The average molecular weight is 428 g/mol. The Hall–Kier alpha value is -4.26. The number of esters is 1. The Labute approximate surface area is 184 Å². The molecule has 3 amide bonds. The first kappa shape index (κ1) is 21.0. The summed E-state index contributed by atoms with van der Waals surface area (Å²) in [6, 6.07) is 19.4. The number of carbonyl (C=O) groups is 4. The van der Waals surface area contributed by atoms with E-state index in [0.29, 0.717) is 35.5 Å². The van der Waals surface area contributed by atoms with Gasteiger partial charge < -0.3 is 10.1 Å². The monoisotopic (exact) mass is 428 g/mol. The molecule has 0 saturated heterocycles. The van der Waals surface area contributed by atoms with Gasteiger partial charge in [0.2, 0.25) is 0 Å². The first-order valence-corrected chi connectivity index (χ1v) is 10.2. The molecule has 0 aliphatic carbocycles. The van der Waals surface area contributed by atoms with E-state index in [1.807, 2.05) is 13.0 Å². The van der Waals surface area contributed by atoms with Crippen molar-refractivity contribution in [2.45, 2.75) is 13.3 Å². The zero-order chi connectivity index (χ0) is 22.7. The molecule has 1 aliphatic heterocycles. The molecule has 1 aliphatic rings. The first-order chi connectivity index (χ1) is 15.5. The lowest BCUT2D eigenvalue weighted by molar-refractivity contribution is 0.0505. The van der Waals surface area contributed by atoms with Gasteiger partial charge >= 0.3 is 5.97 Å². The fraction of sp³-hybridized carbons (Fsp3) is 0.120. The number of nitrogens with one attached hydrogen (secondary N) is 1. The van der Waals surface area contributed by atoms with Crippen molar-refractivity contribution in [3.8, 4) is 0 Å². The van der Waals surface area contributed by atoms with Crippen molar-refractivity contribution in [1.29, 1.82) is 0 Å². The quantitative estimate of drug-likeness (QED) is 0.467. The van der Waals surface area contributed by atoms with E-state index in [4.69, 9.17) is 4.74 Å². The lowest BCUT2D eigenvalue weighted by atomic mass is 10.1. The molecule has 1 heterocycles. The molecule has 0 atom stereocenters. The van der Waals surface area contributed by atoms with Gasteiger partial charge in [-0.05, 0) is 61.0 Å². The molecule has 7 heteroatoms. The van der Waals surface area contributed by atoms with Gasteiger partial charge in [0.05, 0.1) is 29.0 Å². The maximum Gasteiger partial charge on any atom is 0.338 e. The topological polar surface area (TPSA) is 92.8 Å². The smallest absolute Gasteiger partial charge is 0.338 e. The maximum absolute atomic E-state index is 13.0. The Morgan fingerprint density at radius 2 is 1.53 bits per heavy atom. The number of anilines is 2. The molecule has 3 aromatic rings. The molecule has 160 valence electrons. The van der Waals surface area contributed by atoms with E-state index in [9.17, 15) is 19.2 Å². The number of amides is 3. The Bertz CT molecular complexity index is 1200. The van der Waals surface area contributed by atoms with Crippen LogP contribution in [0.15, 0.2) is 72.8 Å². The molecule has 0 saturated carbocycles. The van der Waals surface area contributed by atoms with Gasteiger partial charge in [-0.1, -0.05) is 25.1 Å². The minimum atomic E-state index is -0.498. The Kier molecular flexibility index (Phi) is 5.81. The molecule has 7 nitrogen and oxygen atoms in total. The number of hydrogen-bond donors (Lipinski definition) is 1. The third kappa shape index (κ3) is 4.00. The van der Waals surface area contributed by atoms with Gasteiger partial charge in [-0.2, -0.15) is 0 Å². The molecule has 0 bridgehead atoms. The second-order valence-electron chi connectivity index (χ2n) is 7.21. The van der Waals surface area contributed by atoms with Gasteiger partial charge in [-0.15, -0.1) is 0 Å². The van der Waals surface area contributed by atoms with E-state index in [2.05, 4.69) is 5.32 Å². The number of imide groups is 1. The van der Waals surface area contributed by atoms with Crippen molar-refractivity contribution < 1.29 is 23.9 Å². The summed E-state index contributed by atoms with van der Waals surface area (Å²) in [4.78, 5) is 51.2. The van der Waals surface area contributed by atoms with E-state index in [0.717, 1.165) is 4.90 Å². The second-order valence-corrected chi connectivity index (χ2v) is 7.21. The zero-order valence-electron chi connectivity index (χ0n) is 17.3. The van der Waals surface area contributed by atoms with Crippen molar-refractivity contribution in [2.24, 2.45) is 0 Å². The fourth-order valence-electron chi connectivity index (χ4n) is 3.37. The van der Waals surface area contributed by atoms with Gasteiger partial charge in [-0.25, -0.2) is 9.69 Å². The number of rotatable bonds is 6. The molecule has 1 N–H and O–H groups in total. The average Bonchev–Trinajstić information content (AvgIpc) is 3.07. The lowest BCUT2D eigenvalue weighted by Crippen LogP contribution is -2.29. The summed E-state index contributed by atoms with van der Waals surface area (Å²) in [5, 5.41) is 2.74. The molecule has 3 aromatic carbocycles. The fourth-order valence-corrected chi connectivity index (χ4v) is 3.37. The molecular weight excluding hydrogens is 408 g/mol. The molecule has 0 radical (unpaired) electrons. The first-order valence-electron chi connectivity index (χ1n) is 10.2. The van der Waals surface area contributed by atoms with Crippen LogP contribution in [0.3, 0.4) is 0 Å². The van der Waals surface area contributed by atoms with Gasteiger partial charge in [-0.3, -0.25) is 14.4 Å². The molecule has 0 fully saturated rings. The summed E-state index contributed by atoms with van der Waals surface area (Å²) in [5.74, 6) is -1.74. The highest BCUT2D eigenvalue weighted by molar-refractivity contribution is 6.34. The highest BCUT2D eigenvalue weighted by Crippen LogP contribution is 2.30. The van der Waals surface area contributed by atoms with Crippen LogP contribution in [-0.2, 0) is 4.74 Å². The van der Waals surface area contributed by atoms with E-state index in [-0.39, 0.29) is 17.0 Å². The third-order valence-corrected chi connectivity index (χ3v) is 4.98. The van der Waals surface area contributed by atoms with Crippen molar-refractivity contribution in [3.63, 3.8) is 0 Å². The molecule has 0 spiro atoms. The Morgan fingerprint density at radius 3 is 2.22 bits per heavy atom. The van der Waals surface area contributed by atoms with Crippen LogP contribution >= 0.6 is 0 Å². The summed E-state index contributed by atoms with van der Waals surface area (Å²) < 4.78 is 5.09. The van der Waals surface area contributed by atoms with Crippen LogP contribution < -0.4 is 10.2 Å². The highest BCUT2D eigenvalue weighted by atomic mass is 16.5. The number of fused-ring (bicyclic) bond motifs is 1. The Morgan fingerprint density at radius 1 is 0.844 bits per heavy atom. The van der Waals surface area contributed by atoms with Gasteiger partial charge in [0.15, 0.2) is 0 Å². The highest BCUT2D eigenvalue weighted by Gasteiger charge is 2.37. The van der Waals surface area contributed by atoms with Crippen LogP contribution in [0.25, 0.3) is 0 Å². The second kappa shape index (κ2) is 8.85. The van der Waals surface area contributed by atoms with Gasteiger partial charge in [0.25, 0.3) is 17.7 Å². The predicted octanol–water partition coefficient (Wildman–Crippen LogP) is 4.31. The van der Waals surface area contributed by atoms with Crippen LogP contribution in [0, 0.1) is 0 Å². The largest absolute Gasteiger partial charge is 0.462 e. The van der Waals surface area contributed by atoms with Crippen LogP contribution in [0.2, 0.25) is 0 Å². The van der Waals surface area contributed by atoms with E-state index in [1.54, 1.807) is 30.3 Å². The van der Waals surface area contributed by atoms with Gasteiger partial charge in [0.1, 0.15) is 0 Å². The molecule has 4 rings (SSSR count). The number of ether oxygens (including phenoxy) is 1. The Balaban J connectivity index is 1.54. The number of carbonyl (C=O) groups excluding carboxylic acids is 4. The third-order valence-electron chi connectivity index (χ3n) is 4.98. The van der Waals surface area contributed by atoms with Crippen molar-refractivity contribution in [3.05, 3.63) is 95.1 Å². The normalized spacial score (nSPS) is 12.5. The van der Waals surface area contributed by atoms with E-state index >= 15 is 0 Å². The molecular formula is C25H20N2O5. The number of benzene rings is 3. The van der Waals surface area contributed by atoms with Crippen LogP contribution in [0.1, 0.15) is 54.8 Å². The maximum atomic E-state index is 13.0. The lowest BCUT2D eigenvalue weighted by Gasteiger charge is -2.14. The number of nitrogens with zero attached hydrogens (tertiary/aromatic N) is 1. The molecule has 32 heavy (non-hydrogen) atoms. The minimum absolute atomic E-state index is 0.201. The van der Waals surface area contributed by atoms with E-state index < -0.39 is 17.8 Å². The van der Waals surface area contributed by atoms with Crippen LogP contribution in [0.4, 0.5) is 11.4 Å². The van der Waals surface area contributed by atoms with Crippen LogP contribution in [-0.4, -0.2) is 30.3 Å². The molecule has 0 unspecified atom stereocenters. The standard InChI is InChI=1S/C25H20N2O5/c1-2-14-32-25(31)17-8-11-19(12-9-17)27-23(29)20-13-10-18(15-21(20)24(27)30)26-22(28)16-6-4-3-5-7-16/h3-13,15H,2,14H2,1H3,(H,26,28). The van der Waals surface area contributed by atoms with Gasteiger partial charge in [0, 0.05) is 11.3 Å². The minimum Gasteiger partial charge on any atom is -0.462 e. The summed E-state index contributed by atoms with van der Waals surface area (Å²) in [5.41, 5.74) is 2.03. The summed E-state index contributed by atoms with van der Waals surface area (Å²) in [6.07, 6.45) is 0.715. The molecule has 0 aromatic heterocycles. The zero-order valence-corrected chi connectivity index (χ0v) is 17.3. The summed E-state index contributed by atoms with van der Waals surface area (Å²) in [7, 11) is 0. The van der Waals surface area contributed by atoms with E-state index in [1.165, 1.54) is 36.4 Å².